The molecule has 80 valence electrons. The molecule has 0 radical (unpaired) electrons. The van der Waals surface area contributed by atoms with Gasteiger partial charge in [0.25, 0.3) is 5.91 Å². The molecule has 1 saturated carbocycles. The van der Waals surface area contributed by atoms with Crippen molar-refractivity contribution >= 4 is 5.91 Å². The molecule has 0 spiro atoms. The van der Waals surface area contributed by atoms with Gasteiger partial charge in [-0.05, 0) is 30.4 Å². The van der Waals surface area contributed by atoms with Crippen molar-refractivity contribution < 1.29 is 4.79 Å². The zero-order valence-corrected chi connectivity index (χ0v) is 8.70. The van der Waals surface area contributed by atoms with Crippen molar-refractivity contribution in [3.63, 3.8) is 0 Å². The molecule has 1 amide bonds. The minimum atomic E-state index is -0.183. The summed E-state index contributed by atoms with van der Waals surface area (Å²) in [4.78, 5) is 11.6. The summed E-state index contributed by atoms with van der Waals surface area (Å²) in [6.07, 6.45) is 4.91. The number of carbonyl (C=O) groups is 1. The normalized spacial score (nSPS) is 16.6. The second kappa shape index (κ2) is 4.45. The van der Waals surface area contributed by atoms with Crippen LogP contribution in [0.25, 0.3) is 0 Å². The summed E-state index contributed by atoms with van der Waals surface area (Å²) in [6, 6.07) is 7.75. The van der Waals surface area contributed by atoms with Crippen molar-refractivity contribution in [2.24, 2.45) is 5.84 Å². The standard InChI is InChI=1S/C12H16N2O/c13-14-12(15)11-8-4-3-7-10(11)9-5-1-2-6-9/h3-4,7-9H,1-2,5-6,13H2,(H,14,15). The van der Waals surface area contributed by atoms with Gasteiger partial charge in [-0.2, -0.15) is 0 Å². The lowest BCUT2D eigenvalue weighted by atomic mass is 9.93. The summed E-state index contributed by atoms with van der Waals surface area (Å²) in [5, 5.41) is 0. The number of carbonyl (C=O) groups excluding carboxylic acids is 1. The van der Waals surface area contributed by atoms with E-state index in [1.807, 2.05) is 24.3 Å². The number of benzene rings is 1. The molecular formula is C12H16N2O. The third-order valence-corrected chi connectivity index (χ3v) is 3.13. The Morgan fingerprint density at radius 1 is 1.27 bits per heavy atom. The fourth-order valence-corrected chi connectivity index (χ4v) is 2.37. The van der Waals surface area contributed by atoms with Crippen LogP contribution < -0.4 is 11.3 Å². The maximum atomic E-state index is 11.6. The quantitative estimate of drug-likeness (QED) is 0.439. The third-order valence-electron chi connectivity index (χ3n) is 3.13. The molecule has 0 atom stereocenters. The predicted octanol–water partition coefficient (Wildman–Crippen LogP) is 1.95. The number of hydrazine groups is 1. The second-order valence-corrected chi connectivity index (χ2v) is 4.04. The minimum absolute atomic E-state index is 0.183. The van der Waals surface area contributed by atoms with Crippen LogP contribution in [0.1, 0.15) is 47.5 Å². The molecule has 3 N–H and O–H groups in total. The van der Waals surface area contributed by atoms with Gasteiger partial charge in [0, 0.05) is 5.56 Å². The first-order valence-corrected chi connectivity index (χ1v) is 5.43. The third kappa shape index (κ3) is 2.02. The van der Waals surface area contributed by atoms with Crippen molar-refractivity contribution in [3.05, 3.63) is 35.4 Å². The van der Waals surface area contributed by atoms with Crippen LogP contribution in [0.15, 0.2) is 24.3 Å². The molecule has 2 rings (SSSR count). The fourth-order valence-electron chi connectivity index (χ4n) is 2.37. The molecule has 1 aliphatic carbocycles. The second-order valence-electron chi connectivity index (χ2n) is 4.04. The molecule has 0 aliphatic heterocycles. The van der Waals surface area contributed by atoms with Gasteiger partial charge in [-0.25, -0.2) is 5.84 Å². The fraction of sp³-hybridized carbons (Fsp3) is 0.417. The summed E-state index contributed by atoms with van der Waals surface area (Å²) in [6.45, 7) is 0. The smallest absolute Gasteiger partial charge is 0.265 e. The van der Waals surface area contributed by atoms with Gasteiger partial charge in [-0.1, -0.05) is 31.0 Å². The number of hydrogen-bond donors (Lipinski definition) is 2. The molecule has 1 fully saturated rings. The number of rotatable bonds is 2. The molecule has 0 bridgehead atoms. The van der Waals surface area contributed by atoms with E-state index in [0.29, 0.717) is 5.92 Å². The molecule has 1 aliphatic rings. The van der Waals surface area contributed by atoms with Crippen LogP contribution in [0.3, 0.4) is 0 Å². The number of nitrogens with one attached hydrogen (secondary N) is 1. The predicted molar refractivity (Wildman–Crippen MR) is 59.3 cm³/mol. The molecule has 3 nitrogen and oxygen atoms in total. The molecule has 0 saturated heterocycles. The van der Waals surface area contributed by atoms with Gasteiger partial charge in [0.15, 0.2) is 0 Å². The first-order chi connectivity index (χ1) is 7.33. The van der Waals surface area contributed by atoms with Crippen molar-refractivity contribution in [1.29, 1.82) is 0 Å². The van der Waals surface area contributed by atoms with E-state index in [2.05, 4.69) is 5.43 Å². The van der Waals surface area contributed by atoms with Crippen molar-refractivity contribution in [1.82, 2.24) is 5.43 Å². The topological polar surface area (TPSA) is 55.1 Å². The lowest BCUT2D eigenvalue weighted by Gasteiger charge is -2.13. The molecule has 15 heavy (non-hydrogen) atoms. The van der Waals surface area contributed by atoms with Gasteiger partial charge >= 0.3 is 0 Å². The average Bonchev–Trinajstić information content (AvgIpc) is 2.81. The Bertz CT molecular complexity index is 356. The monoisotopic (exact) mass is 204 g/mol. The van der Waals surface area contributed by atoms with Gasteiger partial charge in [-0.15, -0.1) is 0 Å². The zero-order chi connectivity index (χ0) is 10.7. The molecule has 1 aromatic carbocycles. The Morgan fingerprint density at radius 2 is 1.93 bits per heavy atom. The Morgan fingerprint density at radius 3 is 2.60 bits per heavy atom. The highest BCUT2D eigenvalue weighted by atomic mass is 16.2. The minimum Gasteiger partial charge on any atom is -0.290 e. The molecule has 0 unspecified atom stereocenters. The summed E-state index contributed by atoms with van der Waals surface area (Å²) < 4.78 is 0. The lowest BCUT2D eigenvalue weighted by molar-refractivity contribution is 0.0952. The van der Waals surface area contributed by atoms with Gasteiger partial charge < -0.3 is 0 Å². The van der Waals surface area contributed by atoms with Crippen LogP contribution in [0.4, 0.5) is 0 Å². The van der Waals surface area contributed by atoms with Gasteiger partial charge in [0.2, 0.25) is 0 Å². The van der Waals surface area contributed by atoms with Crippen LogP contribution in [-0.2, 0) is 0 Å². The maximum absolute atomic E-state index is 11.6. The highest BCUT2D eigenvalue weighted by Gasteiger charge is 2.21. The maximum Gasteiger partial charge on any atom is 0.265 e. The molecule has 0 aromatic heterocycles. The van der Waals surface area contributed by atoms with E-state index in [-0.39, 0.29) is 5.91 Å². The molecular weight excluding hydrogens is 188 g/mol. The Labute approximate surface area is 89.6 Å². The highest BCUT2D eigenvalue weighted by molar-refractivity contribution is 5.95. The Hall–Kier alpha value is -1.35. The van der Waals surface area contributed by atoms with Crippen LogP contribution in [0.2, 0.25) is 0 Å². The van der Waals surface area contributed by atoms with E-state index in [1.54, 1.807) is 0 Å². The van der Waals surface area contributed by atoms with Gasteiger partial charge in [-0.3, -0.25) is 10.2 Å². The number of nitrogen functional groups attached to an aromatic ring is 1. The number of hydrogen-bond acceptors (Lipinski definition) is 2. The van der Waals surface area contributed by atoms with E-state index >= 15 is 0 Å². The zero-order valence-electron chi connectivity index (χ0n) is 8.70. The lowest BCUT2D eigenvalue weighted by Crippen LogP contribution is -2.31. The first kappa shape index (κ1) is 10.2. The largest absolute Gasteiger partial charge is 0.290 e. The van der Waals surface area contributed by atoms with Gasteiger partial charge in [0.1, 0.15) is 0 Å². The Balaban J connectivity index is 2.32. The summed E-state index contributed by atoms with van der Waals surface area (Å²) in [5.41, 5.74) is 4.09. The highest BCUT2D eigenvalue weighted by Crippen LogP contribution is 2.35. The van der Waals surface area contributed by atoms with Crippen LogP contribution in [0, 0.1) is 0 Å². The van der Waals surface area contributed by atoms with E-state index in [9.17, 15) is 4.79 Å². The van der Waals surface area contributed by atoms with Crippen molar-refractivity contribution in [3.8, 4) is 0 Å². The Kier molecular flexibility index (Phi) is 3.02. The van der Waals surface area contributed by atoms with Crippen LogP contribution in [-0.4, -0.2) is 5.91 Å². The van der Waals surface area contributed by atoms with Gasteiger partial charge in [0.05, 0.1) is 0 Å². The summed E-state index contributed by atoms with van der Waals surface area (Å²) in [5.74, 6) is 5.53. The van der Waals surface area contributed by atoms with Crippen LogP contribution in [0.5, 0.6) is 0 Å². The van der Waals surface area contributed by atoms with Crippen molar-refractivity contribution in [2.45, 2.75) is 31.6 Å². The van der Waals surface area contributed by atoms with Crippen molar-refractivity contribution in [2.75, 3.05) is 0 Å². The van der Waals surface area contributed by atoms with E-state index < -0.39 is 0 Å². The summed E-state index contributed by atoms with van der Waals surface area (Å²) >= 11 is 0. The SMILES string of the molecule is NNC(=O)c1ccccc1C1CCCC1. The van der Waals surface area contributed by atoms with E-state index in [1.165, 1.54) is 25.7 Å². The van der Waals surface area contributed by atoms with E-state index in [4.69, 9.17) is 5.84 Å². The number of nitrogens with two attached hydrogens (primary N) is 1. The molecule has 0 heterocycles. The average molecular weight is 204 g/mol. The first-order valence-electron chi connectivity index (χ1n) is 5.43. The summed E-state index contributed by atoms with van der Waals surface area (Å²) in [7, 11) is 0. The molecule has 3 heteroatoms. The molecule has 1 aromatic rings. The van der Waals surface area contributed by atoms with Crippen LogP contribution >= 0.6 is 0 Å². The van der Waals surface area contributed by atoms with E-state index in [0.717, 1.165) is 11.1 Å². The number of amides is 1.